The number of nitrogen functional groups attached to an aromatic ring is 1. The predicted molar refractivity (Wildman–Crippen MR) is 136 cm³/mol. The van der Waals surface area contributed by atoms with Crippen molar-refractivity contribution < 1.29 is 27.1 Å². The Morgan fingerprint density at radius 3 is 2.65 bits per heavy atom. The summed E-state index contributed by atoms with van der Waals surface area (Å²) in [4.78, 5) is 14.2. The fourth-order valence-electron chi connectivity index (χ4n) is 5.52. The molecule has 3 aromatic rings. The summed E-state index contributed by atoms with van der Waals surface area (Å²) in [5.41, 5.74) is 5.43. The number of anilines is 1. The minimum Gasteiger partial charge on any atom is -0.444 e. The molecule has 2 aliphatic rings. The number of amides is 1. The SMILES string of the molecule is CC(C)(C)OC(=O)N1CCC2(CC(n3nc(-c4cnn(Cc5cc(C(F)(F)F)ccc5F)c4)c(C#N)c3N)C2)C1. The van der Waals surface area contributed by atoms with Crippen molar-refractivity contribution in [2.75, 3.05) is 18.8 Å². The van der Waals surface area contributed by atoms with Gasteiger partial charge in [-0.2, -0.15) is 28.6 Å². The molecule has 13 heteroatoms. The first-order valence-corrected chi connectivity index (χ1v) is 12.8. The van der Waals surface area contributed by atoms with Crippen LogP contribution in [0.4, 0.5) is 28.2 Å². The molecule has 2 fully saturated rings. The van der Waals surface area contributed by atoms with Gasteiger partial charge in [-0.15, -0.1) is 0 Å². The van der Waals surface area contributed by atoms with Crippen molar-refractivity contribution in [3.63, 3.8) is 0 Å². The van der Waals surface area contributed by atoms with Gasteiger partial charge in [-0.25, -0.2) is 13.9 Å². The number of hydrogen-bond acceptors (Lipinski definition) is 6. The summed E-state index contributed by atoms with van der Waals surface area (Å²) in [6.45, 7) is 6.43. The summed E-state index contributed by atoms with van der Waals surface area (Å²) in [7, 11) is 0. The third-order valence-electron chi connectivity index (χ3n) is 7.44. The molecule has 0 bridgehead atoms. The molecule has 1 aliphatic heterocycles. The normalized spacial score (nSPS) is 20.9. The number of carbonyl (C=O) groups is 1. The van der Waals surface area contributed by atoms with Gasteiger partial charge in [0.15, 0.2) is 0 Å². The number of halogens is 4. The zero-order chi connectivity index (χ0) is 29.0. The zero-order valence-corrected chi connectivity index (χ0v) is 22.3. The number of alkyl halides is 3. The van der Waals surface area contributed by atoms with Gasteiger partial charge in [0.2, 0.25) is 0 Å². The van der Waals surface area contributed by atoms with Crippen molar-refractivity contribution in [3.05, 3.63) is 53.1 Å². The Bertz CT molecular complexity index is 1490. The van der Waals surface area contributed by atoms with Crippen LogP contribution in [0.25, 0.3) is 11.3 Å². The van der Waals surface area contributed by atoms with E-state index in [0.29, 0.717) is 30.4 Å². The van der Waals surface area contributed by atoms with Crippen molar-refractivity contribution in [2.24, 2.45) is 5.41 Å². The number of carbonyl (C=O) groups excluding carboxylic acids is 1. The van der Waals surface area contributed by atoms with Crippen LogP contribution in [0.5, 0.6) is 0 Å². The Labute approximate surface area is 228 Å². The van der Waals surface area contributed by atoms with Gasteiger partial charge in [-0.3, -0.25) is 4.68 Å². The van der Waals surface area contributed by atoms with Gasteiger partial charge in [0.1, 0.15) is 34.6 Å². The highest BCUT2D eigenvalue weighted by atomic mass is 19.4. The van der Waals surface area contributed by atoms with Gasteiger partial charge < -0.3 is 15.4 Å². The van der Waals surface area contributed by atoms with Crippen molar-refractivity contribution in [2.45, 2.75) is 64.4 Å². The van der Waals surface area contributed by atoms with E-state index in [4.69, 9.17) is 10.5 Å². The van der Waals surface area contributed by atoms with E-state index in [1.54, 1.807) is 9.58 Å². The van der Waals surface area contributed by atoms with Gasteiger partial charge in [-0.05, 0) is 63.6 Å². The van der Waals surface area contributed by atoms with Crippen molar-refractivity contribution >= 4 is 11.9 Å². The van der Waals surface area contributed by atoms with Crippen molar-refractivity contribution in [1.29, 1.82) is 5.26 Å². The monoisotopic (exact) mass is 559 g/mol. The van der Waals surface area contributed by atoms with E-state index in [1.165, 1.54) is 17.1 Å². The average molecular weight is 560 g/mol. The molecule has 3 heterocycles. The number of benzene rings is 1. The van der Waals surface area contributed by atoms with E-state index in [1.807, 2.05) is 20.8 Å². The molecule has 1 amide bonds. The Kier molecular flexibility index (Phi) is 6.55. The number of likely N-dealkylation sites (tertiary alicyclic amines) is 1. The molecule has 1 spiro atoms. The molecule has 1 aliphatic carbocycles. The maximum atomic E-state index is 14.2. The van der Waals surface area contributed by atoms with Crippen molar-refractivity contribution in [1.82, 2.24) is 24.5 Å². The highest BCUT2D eigenvalue weighted by molar-refractivity contribution is 5.72. The van der Waals surface area contributed by atoms with E-state index < -0.39 is 23.2 Å². The maximum Gasteiger partial charge on any atom is 0.416 e. The molecular formula is C27H29F4N7O2. The van der Waals surface area contributed by atoms with E-state index in [0.717, 1.165) is 31.4 Å². The Balaban J connectivity index is 1.31. The molecule has 2 N–H and O–H groups in total. The molecule has 0 atom stereocenters. The summed E-state index contributed by atoms with van der Waals surface area (Å²) in [6, 6.07) is 4.24. The summed E-state index contributed by atoms with van der Waals surface area (Å²) in [5.74, 6) is -0.580. The Morgan fingerprint density at radius 1 is 1.27 bits per heavy atom. The lowest BCUT2D eigenvalue weighted by Crippen LogP contribution is -2.43. The Hall–Kier alpha value is -4.08. The third-order valence-corrected chi connectivity index (χ3v) is 7.44. The molecule has 1 saturated heterocycles. The van der Waals surface area contributed by atoms with E-state index in [9.17, 15) is 27.6 Å². The summed E-state index contributed by atoms with van der Waals surface area (Å²) < 4.78 is 61.9. The van der Waals surface area contributed by atoms with Gasteiger partial charge in [0.05, 0.1) is 24.3 Å². The lowest BCUT2D eigenvalue weighted by Gasteiger charge is -2.45. The quantitative estimate of drug-likeness (QED) is 0.430. The number of hydrogen-bond donors (Lipinski definition) is 1. The van der Waals surface area contributed by atoms with Gasteiger partial charge >= 0.3 is 12.3 Å². The van der Waals surface area contributed by atoms with Crippen LogP contribution in [0.1, 0.15) is 62.8 Å². The van der Waals surface area contributed by atoms with Crippen molar-refractivity contribution in [3.8, 4) is 17.3 Å². The first-order valence-electron chi connectivity index (χ1n) is 12.8. The minimum atomic E-state index is -4.60. The summed E-state index contributed by atoms with van der Waals surface area (Å²) in [6.07, 6.45) is 0.271. The van der Waals surface area contributed by atoms with Crippen LogP contribution >= 0.6 is 0 Å². The standard InChI is InChI=1S/C27H29F4N7O2/c1-25(2,3)40-24(39)36-7-6-26(15-36)9-19(10-26)38-23(33)20(11-32)22(35-38)17-12-34-37(14-17)13-16-8-18(27(29,30)31)4-5-21(16)28/h4-5,8,12,14,19H,6-7,9-10,13,15,33H2,1-3H3. The second-order valence-corrected chi connectivity index (χ2v) is 11.6. The topological polar surface area (TPSA) is 115 Å². The number of rotatable bonds is 4. The lowest BCUT2D eigenvalue weighted by atomic mass is 9.65. The molecule has 9 nitrogen and oxygen atoms in total. The summed E-state index contributed by atoms with van der Waals surface area (Å²) in [5, 5.41) is 18.5. The van der Waals surface area contributed by atoms with Crippen LogP contribution in [0.15, 0.2) is 30.6 Å². The van der Waals surface area contributed by atoms with Crippen LogP contribution in [-0.4, -0.2) is 49.2 Å². The first kappa shape index (κ1) is 27.5. The second kappa shape index (κ2) is 9.53. The number of nitrogens with two attached hydrogens (primary N) is 1. The number of nitrogens with zero attached hydrogens (tertiary/aromatic N) is 6. The van der Waals surface area contributed by atoms with Gasteiger partial charge in [-0.1, -0.05) is 0 Å². The van der Waals surface area contributed by atoms with Gasteiger partial charge in [0.25, 0.3) is 0 Å². The molecule has 5 rings (SSSR count). The fourth-order valence-corrected chi connectivity index (χ4v) is 5.52. The van der Waals surface area contributed by atoms with E-state index in [-0.39, 0.29) is 41.0 Å². The van der Waals surface area contributed by atoms with Gasteiger partial charge in [0, 0.05) is 30.4 Å². The molecule has 1 aromatic carbocycles. The third kappa shape index (κ3) is 5.22. The largest absolute Gasteiger partial charge is 0.444 e. The van der Waals surface area contributed by atoms with Crippen LogP contribution in [0.3, 0.4) is 0 Å². The minimum absolute atomic E-state index is 0.0614. The Morgan fingerprint density at radius 2 is 2.00 bits per heavy atom. The number of aromatic nitrogens is 4. The van der Waals surface area contributed by atoms with E-state index in [2.05, 4.69) is 16.3 Å². The van der Waals surface area contributed by atoms with Crippen LogP contribution in [-0.2, 0) is 17.5 Å². The highest BCUT2D eigenvalue weighted by Gasteiger charge is 2.51. The zero-order valence-electron chi connectivity index (χ0n) is 22.3. The lowest BCUT2D eigenvalue weighted by molar-refractivity contribution is -0.137. The molecule has 1 saturated carbocycles. The van der Waals surface area contributed by atoms with Crippen LogP contribution in [0, 0.1) is 22.6 Å². The second-order valence-electron chi connectivity index (χ2n) is 11.6. The molecule has 40 heavy (non-hydrogen) atoms. The predicted octanol–water partition coefficient (Wildman–Crippen LogP) is 5.37. The molecular weight excluding hydrogens is 530 g/mol. The fraction of sp³-hybridized carbons (Fsp3) is 0.481. The molecule has 0 unspecified atom stereocenters. The molecule has 2 aromatic heterocycles. The molecule has 0 radical (unpaired) electrons. The smallest absolute Gasteiger partial charge is 0.416 e. The van der Waals surface area contributed by atoms with Crippen LogP contribution in [0.2, 0.25) is 0 Å². The van der Waals surface area contributed by atoms with E-state index >= 15 is 0 Å². The number of ether oxygens (including phenoxy) is 1. The first-order chi connectivity index (χ1) is 18.7. The molecule has 212 valence electrons. The summed E-state index contributed by atoms with van der Waals surface area (Å²) >= 11 is 0. The maximum absolute atomic E-state index is 14.2. The highest BCUT2D eigenvalue weighted by Crippen LogP contribution is 2.55. The average Bonchev–Trinajstić information content (AvgIpc) is 3.55. The van der Waals surface area contributed by atoms with Crippen LogP contribution < -0.4 is 5.73 Å². The number of nitriles is 1.